The second kappa shape index (κ2) is 3.48. The van der Waals surface area contributed by atoms with Crippen molar-refractivity contribution in [3.63, 3.8) is 0 Å². The molecule has 4 rings (SSSR count). The van der Waals surface area contributed by atoms with Crippen molar-refractivity contribution in [1.82, 2.24) is 4.90 Å². The summed E-state index contributed by atoms with van der Waals surface area (Å²) in [7, 11) is 0. The van der Waals surface area contributed by atoms with Crippen LogP contribution in [0.25, 0.3) is 0 Å². The van der Waals surface area contributed by atoms with Gasteiger partial charge in [0.05, 0.1) is 0 Å². The molecular formula is C12H19NO2. The molecule has 3 unspecified atom stereocenters. The lowest BCUT2D eigenvalue weighted by molar-refractivity contribution is -0.138. The Morgan fingerprint density at radius 2 is 2.00 bits per heavy atom. The van der Waals surface area contributed by atoms with Gasteiger partial charge in [-0.05, 0) is 56.5 Å². The second-order valence-corrected chi connectivity index (χ2v) is 5.54. The first-order valence-electron chi connectivity index (χ1n) is 6.20. The van der Waals surface area contributed by atoms with Crippen LogP contribution in [0.4, 0.5) is 0 Å². The Balaban J connectivity index is 1.70. The van der Waals surface area contributed by atoms with Gasteiger partial charge in [0.1, 0.15) is 0 Å². The molecule has 0 spiro atoms. The van der Waals surface area contributed by atoms with Gasteiger partial charge in [0, 0.05) is 12.5 Å². The van der Waals surface area contributed by atoms with E-state index in [1.165, 1.54) is 32.4 Å². The first-order valence-corrected chi connectivity index (χ1v) is 6.20. The lowest BCUT2D eigenvalue weighted by Crippen LogP contribution is -2.52. The van der Waals surface area contributed by atoms with Crippen LogP contribution in [0.5, 0.6) is 0 Å². The van der Waals surface area contributed by atoms with Gasteiger partial charge in [-0.15, -0.1) is 0 Å². The summed E-state index contributed by atoms with van der Waals surface area (Å²) in [6, 6.07) is 0.738. The number of carbonyl (C=O) groups is 1. The molecule has 4 fully saturated rings. The normalized spacial score (nSPS) is 47.9. The summed E-state index contributed by atoms with van der Waals surface area (Å²) in [5.74, 6) is 1.59. The van der Waals surface area contributed by atoms with E-state index in [9.17, 15) is 4.79 Å². The third-order valence-corrected chi connectivity index (χ3v) is 4.79. The Bertz CT molecular complexity index is 251. The van der Waals surface area contributed by atoms with E-state index in [-0.39, 0.29) is 0 Å². The summed E-state index contributed by atoms with van der Waals surface area (Å²) in [6.45, 7) is 2.54. The fraction of sp³-hybridized carbons (Fsp3) is 0.917. The molecule has 15 heavy (non-hydrogen) atoms. The Kier molecular flexibility index (Phi) is 2.23. The van der Waals surface area contributed by atoms with E-state index >= 15 is 0 Å². The second-order valence-electron chi connectivity index (χ2n) is 5.54. The fourth-order valence-electron chi connectivity index (χ4n) is 4.17. The first-order chi connectivity index (χ1) is 7.24. The van der Waals surface area contributed by atoms with E-state index in [2.05, 4.69) is 4.90 Å². The van der Waals surface area contributed by atoms with Gasteiger partial charge >= 0.3 is 5.97 Å². The van der Waals surface area contributed by atoms with Crippen LogP contribution in [0.3, 0.4) is 0 Å². The highest BCUT2D eigenvalue weighted by atomic mass is 16.4. The van der Waals surface area contributed by atoms with Crippen molar-refractivity contribution in [2.45, 2.75) is 38.1 Å². The lowest BCUT2D eigenvalue weighted by atomic mass is 9.75. The van der Waals surface area contributed by atoms with Crippen LogP contribution in [0, 0.1) is 17.8 Å². The van der Waals surface area contributed by atoms with Gasteiger partial charge < -0.3 is 10.0 Å². The van der Waals surface area contributed by atoms with Gasteiger partial charge in [0.2, 0.25) is 0 Å². The van der Waals surface area contributed by atoms with E-state index in [4.69, 9.17) is 5.11 Å². The van der Waals surface area contributed by atoms with Gasteiger partial charge in [-0.2, -0.15) is 0 Å². The predicted molar refractivity (Wildman–Crippen MR) is 56.6 cm³/mol. The van der Waals surface area contributed by atoms with Crippen molar-refractivity contribution in [1.29, 1.82) is 0 Å². The molecule has 1 aliphatic carbocycles. The lowest BCUT2D eigenvalue weighted by Gasteiger charge is -2.48. The number of nitrogens with zero attached hydrogens (tertiary/aromatic N) is 1. The number of hydrogen-bond donors (Lipinski definition) is 1. The molecule has 3 aliphatic heterocycles. The maximum atomic E-state index is 10.7. The highest BCUT2D eigenvalue weighted by molar-refractivity contribution is 5.67. The number of carboxylic acid groups (broad SMARTS) is 1. The molecule has 0 radical (unpaired) electrons. The molecule has 0 aromatic rings. The Hall–Kier alpha value is -0.570. The van der Waals surface area contributed by atoms with Gasteiger partial charge in [-0.3, -0.25) is 4.79 Å². The fourth-order valence-corrected chi connectivity index (χ4v) is 4.17. The number of carboxylic acids is 1. The van der Waals surface area contributed by atoms with E-state index in [0.717, 1.165) is 24.3 Å². The van der Waals surface area contributed by atoms with Crippen molar-refractivity contribution in [2.24, 2.45) is 17.8 Å². The first kappa shape index (κ1) is 9.64. The minimum atomic E-state index is -0.610. The molecule has 3 heteroatoms. The van der Waals surface area contributed by atoms with E-state index in [0.29, 0.717) is 12.3 Å². The molecule has 3 saturated heterocycles. The van der Waals surface area contributed by atoms with E-state index in [1.54, 1.807) is 0 Å². The third-order valence-electron chi connectivity index (χ3n) is 4.79. The van der Waals surface area contributed by atoms with Crippen molar-refractivity contribution in [3.8, 4) is 0 Å². The number of piperidine rings is 3. The quantitative estimate of drug-likeness (QED) is 0.750. The Morgan fingerprint density at radius 3 is 2.60 bits per heavy atom. The minimum Gasteiger partial charge on any atom is -0.481 e. The van der Waals surface area contributed by atoms with Gasteiger partial charge in [0.25, 0.3) is 0 Å². The number of hydrogen-bond acceptors (Lipinski definition) is 2. The van der Waals surface area contributed by atoms with Crippen LogP contribution in [0.1, 0.15) is 32.1 Å². The number of rotatable bonds is 2. The summed E-state index contributed by atoms with van der Waals surface area (Å²) >= 11 is 0. The molecule has 84 valence electrons. The molecule has 3 atom stereocenters. The summed E-state index contributed by atoms with van der Waals surface area (Å²) < 4.78 is 0. The summed E-state index contributed by atoms with van der Waals surface area (Å²) in [5, 5.41) is 8.84. The van der Waals surface area contributed by atoms with Crippen molar-refractivity contribution in [2.75, 3.05) is 13.1 Å². The zero-order valence-electron chi connectivity index (χ0n) is 9.06. The summed E-state index contributed by atoms with van der Waals surface area (Å²) in [6.07, 6.45) is 5.45. The summed E-state index contributed by atoms with van der Waals surface area (Å²) in [4.78, 5) is 13.3. The van der Waals surface area contributed by atoms with Crippen LogP contribution in [-0.4, -0.2) is 35.1 Å². The maximum Gasteiger partial charge on any atom is 0.303 e. The molecule has 1 saturated carbocycles. The van der Waals surface area contributed by atoms with Crippen LogP contribution in [0.2, 0.25) is 0 Å². The van der Waals surface area contributed by atoms with Crippen molar-refractivity contribution < 1.29 is 9.90 Å². The molecule has 1 N–H and O–H groups in total. The molecule has 3 nitrogen and oxygen atoms in total. The minimum absolute atomic E-state index is 0.396. The molecule has 0 amide bonds. The summed E-state index contributed by atoms with van der Waals surface area (Å²) in [5.41, 5.74) is 0. The van der Waals surface area contributed by atoms with Crippen molar-refractivity contribution >= 4 is 5.97 Å². The predicted octanol–water partition coefficient (Wildman–Crippen LogP) is 1.58. The van der Waals surface area contributed by atoms with E-state index < -0.39 is 5.97 Å². The molecule has 3 heterocycles. The van der Waals surface area contributed by atoms with E-state index in [1.807, 2.05) is 0 Å². The monoisotopic (exact) mass is 209 g/mol. The maximum absolute atomic E-state index is 10.7. The average Bonchev–Trinajstić information content (AvgIpc) is 2.63. The van der Waals surface area contributed by atoms with Gasteiger partial charge in [-0.25, -0.2) is 0 Å². The van der Waals surface area contributed by atoms with Gasteiger partial charge in [0.15, 0.2) is 0 Å². The molecule has 0 aromatic heterocycles. The molecule has 2 bridgehead atoms. The molecular weight excluding hydrogens is 190 g/mol. The zero-order valence-corrected chi connectivity index (χ0v) is 9.06. The standard InChI is InChI=1S/C12H19NO2/c14-12(15)7-8-5-10-9-1-3-13(4-2-9)11(10)6-8/h8-11H,1-7H2,(H,14,15). The molecule has 0 aromatic carbocycles. The highest BCUT2D eigenvalue weighted by Gasteiger charge is 2.47. The topological polar surface area (TPSA) is 40.5 Å². The average molecular weight is 209 g/mol. The zero-order chi connectivity index (χ0) is 10.4. The smallest absolute Gasteiger partial charge is 0.303 e. The molecule has 4 aliphatic rings. The number of fused-ring (bicyclic) bond motifs is 2. The Labute approximate surface area is 90.5 Å². The van der Waals surface area contributed by atoms with Crippen LogP contribution < -0.4 is 0 Å². The largest absolute Gasteiger partial charge is 0.481 e. The highest BCUT2D eigenvalue weighted by Crippen LogP contribution is 2.48. The SMILES string of the molecule is O=C(O)CC1CC2C3CCN(CC3)C2C1. The Morgan fingerprint density at radius 1 is 1.27 bits per heavy atom. The van der Waals surface area contributed by atoms with Gasteiger partial charge in [-0.1, -0.05) is 0 Å². The van der Waals surface area contributed by atoms with Crippen LogP contribution in [0.15, 0.2) is 0 Å². The number of aliphatic carboxylic acids is 1. The van der Waals surface area contributed by atoms with Crippen molar-refractivity contribution in [3.05, 3.63) is 0 Å². The third kappa shape index (κ3) is 1.57. The van der Waals surface area contributed by atoms with Crippen LogP contribution in [-0.2, 0) is 4.79 Å². The van der Waals surface area contributed by atoms with Crippen LogP contribution >= 0.6 is 0 Å².